The summed E-state index contributed by atoms with van der Waals surface area (Å²) in [6, 6.07) is 1.96. The number of hydrogen-bond acceptors (Lipinski definition) is 2. The lowest BCUT2D eigenvalue weighted by molar-refractivity contribution is 0.531. The molecule has 1 heterocycles. The van der Waals surface area contributed by atoms with Crippen LogP contribution in [0.1, 0.15) is 39.0 Å². The summed E-state index contributed by atoms with van der Waals surface area (Å²) in [6.45, 7) is 5.39. The van der Waals surface area contributed by atoms with Crippen molar-refractivity contribution in [3.05, 3.63) is 18.5 Å². The van der Waals surface area contributed by atoms with E-state index in [1.165, 1.54) is 32.1 Å². The SMILES string of the molecule is CCCCCCCNCCn1cccn1. The van der Waals surface area contributed by atoms with Gasteiger partial charge in [0.2, 0.25) is 0 Å². The lowest BCUT2D eigenvalue weighted by Gasteiger charge is -2.04. The third-order valence-electron chi connectivity index (χ3n) is 2.53. The molecule has 0 bridgehead atoms. The lowest BCUT2D eigenvalue weighted by atomic mass is 10.1. The summed E-state index contributed by atoms with van der Waals surface area (Å²) in [5.41, 5.74) is 0. The molecule has 0 atom stereocenters. The van der Waals surface area contributed by atoms with Crippen molar-refractivity contribution in [2.45, 2.75) is 45.6 Å². The van der Waals surface area contributed by atoms with Crippen molar-refractivity contribution in [2.75, 3.05) is 13.1 Å². The van der Waals surface area contributed by atoms with Crippen LogP contribution in [0.4, 0.5) is 0 Å². The molecule has 15 heavy (non-hydrogen) atoms. The molecule has 0 radical (unpaired) electrons. The van der Waals surface area contributed by atoms with Crippen molar-refractivity contribution in [3.63, 3.8) is 0 Å². The smallest absolute Gasteiger partial charge is 0.0533 e. The van der Waals surface area contributed by atoms with Crippen LogP contribution < -0.4 is 5.32 Å². The molecule has 1 N–H and O–H groups in total. The quantitative estimate of drug-likeness (QED) is 0.633. The normalized spacial score (nSPS) is 10.7. The first-order chi connectivity index (χ1) is 7.43. The summed E-state index contributed by atoms with van der Waals surface area (Å²) < 4.78 is 1.96. The molecule has 86 valence electrons. The predicted molar refractivity (Wildman–Crippen MR) is 63.9 cm³/mol. The zero-order chi connectivity index (χ0) is 10.8. The molecule has 1 aromatic heterocycles. The van der Waals surface area contributed by atoms with Gasteiger partial charge < -0.3 is 5.32 Å². The topological polar surface area (TPSA) is 29.9 Å². The lowest BCUT2D eigenvalue weighted by Crippen LogP contribution is -2.21. The van der Waals surface area contributed by atoms with Crippen LogP contribution in [0.3, 0.4) is 0 Å². The molecule has 0 fully saturated rings. The Morgan fingerprint density at radius 1 is 1.13 bits per heavy atom. The Morgan fingerprint density at radius 3 is 2.73 bits per heavy atom. The largest absolute Gasteiger partial charge is 0.315 e. The van der Waals surface area contributed by atoms with Crippen LogP contribution in [-0.4, -0.2) is 22.9 Å². The van der Waals surface area contributed by atoms with Crippen LogP contribution >= 0.6 is 0 Å². The number of unbranched alkanes of at least 4 members (excludes halogenated alkanes) is 4. The first kappa shape index (κ1) is 12.2. The average molecular weight is 209 g/mol. The molecule has 1 rings (SSSR count). The fourth-order valence-corrected chi connectivity index (χ4v) is 1.60. The Labute approximate surface area is 92.9 Å². The maximum absolute atomic E-state index is 4.15. The van der Waals surface area contributed by atoms with E-state index in [2.05, 4.69) is 17.3 Å². The summed E-state index contributed by atoms with van der Waals surface area (Å²) in [7, 11) is 0. The van der Waals surface area contributed by atoms with Gasteiger partial charge >= 0.3 is 0 Å². The molecule has 0 spiro atoms. The molecule has 0 aliphatic carbocycles. The van der Waals surface area contributed by atoms with E-state index in [1.54, 1.807) is 0 Å². The maximum atomic E-state index is 4.15. The Hall–Kier alpha value is -0.830. The van der Waals surface area contributed by atoms with Crippen molar-refractivity contribution < 1.29 is 0 Å². The predicted octanol–water partition coefficient (Wildman–Crippen LogP) is 2.44. The van der Waals surface area contributed by atoms with Gasteiger partial charge in [0.1, 0.15) is 0 Å². The minimum Gasteiger partial charge on any atom is -0.315 e. The Balaban J connectivity index is 1.81. The highest BCUT2D eigenvalue weighted by molar-refractivity contribution is 4.77. The third kappa shape index (κ3) is 6.28. The Kier molecular flexibility index (Phi) is 6.92. The fraction of sp³-hybridized carbons (Fsp3) is 0.750. The second-order valence-electron chi connectivity index (χ2n) is 3.93. The van der Waals surface area contributed by atoms with Crippen molar-refractivity contribution in [3.8, 4) is 0 Å². The summed E-state index contributed by atoms with van der Waals surface area (Å²) in [5.74, 6) is 0. The summed E-state index contributed by atoms with van der Waals surface area (Å²) in [4.78, 5) is 0. The molecule has 1 aromatic rings. The van der Waals surface area contributed by atoms with Gasteiger partial charge in [-0.1, -0.05) is 32.6 Å². The van der Waals surface area contributed by atoms with Gasteiger partial charge in [-0.3, -0.25) is 4.68 Å². The van der Waals surface area contributed by atoms with Crippen LogP contribution in [-0.2, 0) is 6.54 Å². The van der Waals surface area contributed by atoms with E-state index in [4.69, 9.17) is 0 Å². The van der Waals surface area contributed by atoms with Gasteiger partial charge in [0.25, 0.3) is 0 Å². The number of nitrogens with zero attached hydrogens (tertiary/aromatic N) is 2. The van der Waals surface area contributed by atoms with E-state index >= 15 is 0 Å². The van der Waals surface area contributed by atoms with Gasteiger partial charge in [-0.2, -0.15) is 5.10 Å². The van der Waals surface area contributed by atoms with Crippen LogP contribution in [0.15, 0.2) is 18.5 Å². The number of nitrogens with one attached hydrogen (secondary N) is 1. The number of aromatic nitrogens is 2. The Bertz CT molecular complexity index is 219. The van der Waals surface area contributed by atoms with Crippen molar-refractivity contribution in [2.24, 2.45) is 0 Å². The highest BCUT2D eigenvalue weighted by Crippen LogP contribution is 2.00. The molecule has 0 saturated carbocycles. The minimum atomic E-state index is 0.974. The van der Waals surface area contributed by atoms with Crippen LogP contribution in [0.25, 0.3) is 0 Å². The monoisotopic (exact) mass is 209 g/mol. The minimum absolute atomic E-state index is 0.974. The third-order valence-corrected chi connectivity index (χ3v) is 2.53. The summed E-state index contributed by atoms with van der Waals surface area (Å²) in [6.07, 6.45) is 10.6. The van der Waals surface area contributed by atoms with Gasteiger partial charge in [-0.15, -0.1) is 0 Å². The van der Waals surface area contributed by atoms with Gasteiger partial charge in [0.05, 0.1) is 6.54 Å². The molecule has 0 aliphatic heterocycles. The number of rotatable bonds is 9. The van der Waals surface area contributed by atoms with Crippen molar-refractivity contribution in [1.82, 2.24) is 15.1 Å². The van der Waals surface area contributed by atoms with Crippen LogP contribution in [0.5, 0.6) is 0 Å². The van der Waals surface area contributed by atoms with E-state index in [1.807, 2.05) is 23.1 Å². The van der Waals surface area contributed by atoms with E-state index in [-0.39, 0.29) is 0 Å². The van der Waals surface area contributed by atoms with Gasteiger partial charge in [-0.05, 0) is 19.0 Å². The van der Waals surface area contributed by atoms with Crippen molar-refractivity contribution in [1.29, 1.82) is 0 Å². The van der Waals surface area contributed by atoms with E-state index in [0.717, 1.165) is 19.6 Å². The van der Waals surface area contributed by atoms with Crippen LogP contribution in [0, 0.1) is 0 Å². The molecule has 0 amide bonds. The second-order valence-corrected chi connectivity index (χ2v) is 3.93. The van der Waals surface area contributed by atoms with Gasteiger partial charge in [0.15, 0.2) is 0 Å². The average Bonchev–Trinajstić information content (AvgIpc) is 2.75. The zero-order valence-corrected chi connectivity index (χ0v) is 9.78. The first-order valence-electron chi connectivity index (χ1n) is 6.11. The van der Waals surface area contributed by atoms with E-state index in [9.17, 15) is 0 Å². The second kappa shape index (κ2) is 8.48. The van der Waals surface area contributed by atoms with Gasteiger partial charge in [-0.25, -0.2) is 0 Å². The van der Waals surface area contributed by atoms with E-state index in [0.29, 0.717) is 0 Å². The number of hydrogen-bond donors (Lipinski definition) is 1. The van der Waals surface area contributed by atoms with Crippen molar-refractivity contribution >= 4 is 0 Å². The Morgan fingerprint density at radius 2 is 2.00 bits per heavy atom. The summed E-state index contributed by atoms with van der Waals surface area (Å²) in [5, 5.41) is 7.59. The molecule has 0 aromatic carbocycles. The van der Waals surface area contributed by atoms with E-state index < -0.39 is 0 Å². The highest BCUT2D eigenvalue weighted by Gasteiger charge is 1.91. The molecule has 3 heteroatoms. The standard InChI is InChI=1S/C12H23N3/c1-2-3-4-5-6-8-13-10-12-15-11-7-9-14-15/h7,9,11,13H,2-6,8,10,12H2,1H3. The molecule has 0 aliphatic rings. The molecule has 0 saturated heterocycles. The molecular formula is C12H23N3. The van der Waals surface area contributed by atoms with Gasteiger partial charge in [0, 0.05) is 18.9 Å². The highest BCUT2D eigenvalue weighted by atomic mass is 15.3. The fourth-order valence-electron chi connectivity index (χ4n) is 1.60. The first-order valence-corrected chi connectivity index (χ1v) is 6.11. The zero-order valence-electron chi connectivity index (χ0n) is 9.78. The molecule has 3 nitrogen and oxygen atoms in total. The molecule has 0 unspecified atom stereocenters. The summed E-state index contributed by atoms with van der Waals surface area (Å²) >= 11 is 0. The molecular weight excluding hydrogens is 186 g/mol. The van der Waals surface area contributed by atoms with Crippen LogP contribution in [0.2, 0.25) is 0 Å². The maximum Gasteiger partial charge on any atom is 0.0533 e.